The van der Waals surface area contributed by atoms with Gasteiger partial charge < -0.3 is 10.0 Å². The van der Waals surface area contributed by atoms with E-state index >= 15 is 0 Å². The molecule has 0 bridgehead atoms. The summed E-state index contributed by atoms with van der Waals surface area (Å²) in [6, 6.07) is 16.3. The maximum absolute atomic E-state index is 13.5. The number of nitro benzene ring substituents is 1. The van der Waals surface area contributed by atoms with E-state index in [2.05, 4.69) is 15.9 Å². The van der Waals surface area contributed by atoms with E-state index in [1.54, 1.807) is 18.2 Å². The highest BCUT2D eigenvalue weighted by Crippen LogP contribution is 2.45. The first-order valence-corrected chi connectivity index (χ1v) is 11.1. The van der Waals surface area contributed by atoms with Gasteiger partial charge >= 0.3 is 0 Å². The number of anilines is 1. The Morgan fingerprint density at radius 1 is 1.09 bits per heavy atom. The molecule has 0 radical (unpaired) electrons. The zero-order chi connectivity index (χ0) is 23.9. The third-order valence-electron chi connectivity index (χ3n) is 5.94. The summed E-state index contributed by atoms with van der Waals surface area (Å²) in [5, 5.41) is 22.4. The van der Waals surface area contributed by atoms with Gasteiger partial charge in [-0.05, 0) is 55.3 Å². The fourth-order valence-corrected chi connectivity index (χ4v) is 4.46. The van der Waals surface area contributed by atoms with Gasteiger partial charge in [0.05, 0.1) is 23.6 Å². The van der Waals surface area contributed by atoms with E-state index in [0.717, 1.165) is 16.7 Å². The van der Waals surface area contributed by atoms with Gasteiger partial charge in [-0.3, -0.25) is 19.7 Å². The van der Waals surface area contributed by atoms with Crippen molar-refractivity contribution in [3.05, 3.63) is 103 Å². The van der Waals surface area contributed by atoms with Crippen LogP contribution in [0.1, 0.15) is 39.0 Å². The van der Waals surface area contributed by atoms with Crippen molar-refractivity contribution in [3.63, 3.8) is 0 Å². The lowest BCUT2D eigenvalue weighted by Crippen LogP contribution is -2.41. The fraction of sp³-hybridized carbons (Fsp3) is 0.200. The molecule has 7 nitrogen and oxygen atoms in total. The lowest BCUT2D eigenvalue weighted by atomic mass is 9.88. The second-order valence-corrected chi connectivity index (χ2v) is 9.16. The van der Waals surface area contributed by atoms with Gasteiger partial charge in [0.25, 0.3) is 11.6 Å². The van der Waals surface area contributed by atoms with Gasteiger partial charge in [0.2, 0.25) is 0 Å². The lowest BCUT2D eigenvalue weighted by Gasteiger charge is -2.23. The number of non-ortho nitro benzene ring substituents is 1. The molecule has 8 heteroatoms. The van der Waals surface area contributed by atoms with E-state index < -0.39 is 28.6 Å². The van der Waals surface area contributed by atoms with Crippen molar-refractivity contribution in [1.82, 2.24) is 0 Å². The van der Waals surface area contributed by atoms with Crippen LogP contribution < -0.4 is 4.90 Å². The Labute approximate surface area is 198 Å². The summed E-state index contributed by atoms with van der Waals surface area (Å²) in [5.74, 6) is -1.06. The Morgan fingerprint density at radius 2 is 1.79 bits per heavy atom. The molecule has 0 spiro atoms. The van der Waals surface area contributed by atoms with E-state index in [4.69, 9.17) is 0 Å². The first-order chi connectivity index (χ1) is 15.6. The number of aryl methyl sites for hydroxylation is 2. The number of carbonyl (C=O) groups is 2. The molecule has 1 aliphatic rings. The zero-order valence-electron chi connectivity index (χ0n) is 18.0. The summed E-state index contributed by atoms with van der Waals surface area (Å²) >= 11 is 3.39. The van der Waals surface area contributed by atoms with Crippen LogP contribution >= 0.6 is 15.9 Å². The molecule has 0 saturated heterocycles. The molecule has 0 saturated carbocycles. The monoisotopic (exact) mass is 508 g/mol. The Hall–Kier alpha value is -3.36. The number of halogens is 1. The molecule has 3 aromatic rings. The molecule has 33 heavy (non-hydrogen) atoms. The highest BCUT2D eigenvalue weighted by atomic mass is 79.9. The van der Waals surface area contributed by atoms with E-state index in [-0.39, 0.29) is 17.8 Å². The fourth-order valence-electron chi connectivity index (χ4n) is 4.09. The molecule has 1 aliphatic heterocycles. The van der Waals surface area contributed by atoms with Crippen LogP contribution in [0.2, 0.25) is 0 Å². The smallest absolute Gasteiger partial charge is 0.269 e. The van der Waals surface area contributed by atoms with Crippen LogP contribution in [0.15, 0.2) is 65.1 Å². The molecular formula is C25H21BrN2O5. The second-order valence-electron chi connectivity index (χ2n) is 8.25. The molecule has 0 fully saturated rings. The standard InChI is InChI=1S/C25H21BrN2O5/c1-15-3-4-16(2)18(11-15)14-27-22-10-7-19(26)12-21(22)25(31,24(27)30)13-23(29)17-5-8-20(9-6-17)28(32)33/h3-12,31H,13-14H2,1-2H3. The molecule has 1 N–H and O–H groups in total. The number of aliphatic hydroxyl groups is 1. The summed E-state index contributed by atoms with van der Waals surface area (Å²) in [6.07, 6.45) is -0.476. The summed E-state index contributed by atoms with van der Waals surface area (Å²) in [6.45, 7) is 4.19. The summed E-state index contributed by atoms with van der Waals surface area (Å²) in [5.41, 5.74) is 1.91. The van der Waals surface area contributed by atoms with Gasteiger partial charge in [-0.1, -0.05) is 39.7 Å². The topological polar surface area (TPSA) is 101 Å². The number of nitro groups is 1. The van der Waals surface area contributed by atoms with Crippen molar-refractivity contribution in [1.29, 1.82) is 0 Å². The normalized spacial score (nSPS) is 17.2. The zero-order valence-corrected chi connectivity index (χ0v) is 19.6. The van der Waals surface area contributed by atoms with Gasteiger partial charge in [-0.25, -0.2) is 0 Å². The third-order valence-corrected chi connectivity index (χ3v) is 6.44. The van der Waals surface area contributed by atoms with Crippen molar-refractivity contribution in [2.24, 2.45) is 0 Å². The van der Waals surface area contributed by atoms with Crippen LogP contribution in [0.5, 0.6) is 0 Å². The molecule has 0 aliphatic carbocycles. The second kappa shape index (κ2) is 8.53. The minimum Gasteiger partial charge on any atom is -0.375 e. The Bertz CT molecular complexity index is 1290. The number of fused-ring (bicyclic) bond motifs is 1. The van der Waals surface area contributed by atoms with E-state index in [1.165, 1.54) is 29.2 Å². The number of Topliss-reactive ketones (excluding diaryl/α,β-unsaturated/α-hetero) is 1. The lowest BCUT2D eigenvalue weighted by molar-refractivity contribution is -0.384. The molecule has 1 atom stereocenters. The highest BCUT2D eigenvalue weighted by molar-refractivity contribution is 9.10. The largest absolute Gasteiger partial charge is 0.375 e. The van der Waals surface area contributed by atoms with Crippen LogP contribution in [0.4, 0.5) is 11.4 Å². The SMILES string of the molecule is Cc1ccc(C)c(CN2C(=O)C(O)(CC(=O)c3ccc([N+](=O)[O-])cc3)c3cc(Br)ccc32)c1. The van der Waals surface area contributed by atoms with Crippen molar-refractivity contribution in [2.45, 2.75) is 32.4 Å². The summed E-state index contributed by atoms with van der Waals surface area (Å²) < 4.78 is 0.670. The van der Waals surface area contributed by atoms with Crippen molar-refractivity contribution in [2.75, 3.05) is 4.90 Å². The third kappa shape index (κ3) is 4.19. The average molecular weight is 509 g/mol. The molecule has 0 aromatic heterocycles. The van der Waals surface area contributed by atoms with Gasteiger partial charge in [0.1, 0.15) is 0 Å². The van der Waals surface area contributed by atoms with Crippen LogP contribution in [0.25, 0.3) is 0 Å². The van der Waals surface area contributed by atoms with Crippen LogP contribution in [0, 0.1) is 24.0 Å². The number of carbonyl (C=O) groups excluding carboxylic acids is 2. The molecule has 168 valence electrons. The van der Waals surface area contributed by atoms with Crippen molar-refractivity contribution in [3.8, 4) is 0 Å². The Morgan fingerprint density at radius 3 is 2.45 bits per heavy atom. The van der Waals surface area contributed by atoms with E-state index in [1.807, 2.05) is 32.0 Å². The number of ketones is 1. The van der Waals surface area contributed by atoms with Crippen molar-refractivity contribution < 1.29 is 19.6 Å². The van der Waals surface area contributed by atoms with Crippen LogP contribution in [-0.2, 0) is 16.9 Å². The number of benzene rings is 3. The molecule has 1 unspecified atom stereocenters. The van der Waals surface area contributed by atoms with Crippen LogP contribution in [0.3, 0.4) is 0 Å². The average Bonchev–Trinajstić information content (AvgIpc) is 2.97. The van der Waals surface area contributed by atoms with Gasteiger partial charge in [0, 0.05) is 27.7 Å². The maximum Gasteiger partial charge on any atom is 0.269 e. The molecule has 4 rings (SSSR count). The van der Waals surface area contributed by atoms with Crippen molar-refractivity contribution >= 4 is 39.0 Å². The quantitative estimate of drug-likeness (QED) is 0.287. The highest BCUT2D eigenvalue weighted by Gasteiger charge is 2.51. The Balaban J connectivity index is 1.70. The summed E-state index contributed by atoms with van der Waals surface area (Å²) in [7, 11) is 0. The first-order valence-electron chi connectivity index (χ1n) is 10.3. The Kier molecular flexibility index (Phi) is 5.90. The predicted octanol–water partition coefficient (Wildman–Crippen LogP) is 4.98. The summed E-state index contributed by atoms with van der Waals surface area (Å²) in [4.78, 5) is 38.3. The molecule has 3 aromatic carbocycles. The molecule has 1 heterocycles. The minimum absolute atomic E-state index is 0.142. The van der Waals surface area contributed by atoms with E-state index in [0.29, 0.717) is 15.7 Å². The van der Waals surface area contributed by atoms with Gasteiger partial charge in [0.15, 0.2) is 11.4 Å². The van der Waals surface area contributed by atoms with Gasteiger partial charge in [-0.2, -0.15) is 0 Å². The molecule has 1 amide bonds. The number of nitrogens with zero attached hydrogens (tertiary/aromatic N) is 2. The molecular weight excluding hydrogens is 488 g/mol. The number of amides is 1. The first kappa shape index (κ1) is 22.8. The van der Waals surface area contributed by atoms with E-state index in [9.17, 15) is 24.8 Å². The number of rotatable bonds is 6. The number of hydrogen-bond donors (Lipinski definition) is 1. The maximum atomic E-state index is 13.5. The number of hydrogen-bond acceptors (Lipinski definition) is 5. The van der Waals surface area contributed by atoms with Crippen LogP contribution in [-0.4, -0.2) is 21.7 Å². The minimum atomic E-state index is -2.05. The predicted molar refractivity (Wildman–Crippen MR) is 127 cm³/mol. The van der Waals surface area contributed by atoms with Gasteiger partial charge in [-0.15, -0.1) is 0 Å².